The predicted octanol–water partition coefficient (Wildman–Crippen LogP) is 2.88. The molecule has 1 aliphatic rings. The number of hydrogen-bond acceptors (Lipinski definition) is 2. The number of carbonyl (C=O) groups is 1. The second-order valence-corrected chi connectivity index (χ2v) is 5.50. The molecule has 1 saturated heterocycles. The van der Waals surface area contributed by atoms with Gasteiger partial charge >= 0.3 is 0 Å². The first-order valence-electron chi connectivity index (χ1n) is 5.56. The summed E-state index contributed by atoms with van der Waals surface area (Å²) in [5, 5.41) is 0.867. The fourth-order valence-electron chi connectivity index (χ4n) is 2.12. The smallest absolute Gasteiger partial charge is 0.256 e. The minimum Gasteiger partial charge on any atom is -0.392 e. The third-order valence-electron chi connectivity index (χ3n) is 3.00. The molecule has 2 rings (SSSR count). The van der Waals surface area contributed by atoms with Gasteiger partial charge in [0.1, 0.15) is 0 Å². The van der Waals surface area contributed by atoms with E-state index < -0.39 is 0 Å². The van der Waals surface area contributed by atoms with E-state index in [0.29, 0.717) is 27.1 Å². The molecule has 1 aliphatic heterocycles. The van der Waals surface area contributed by atoms with Crippen LogP contribution in [0.2, 0.25) is 10.0 Å². The van der Waals surface area contributed by atoms with E-state index in [0.717, 1.165) is 12.8 Å². The van der Waals surface area contributed by atoms with E-state index in [9.17, 15) is 4.79 Å². The van der Waals surface area contributed by atoms with E-state index in [-0.39, 0.29) is 11.9 Å². The van der Waals surface area contributed by atoms with Gasteiger partial charge in [0.05, 0.1) is 21.6 Å². The van der Waals surface area contributed by atoms with Crippen molar-refractivity contribution in [2.75, 3.05) is 6.54 Å². The third kappa shape index (κ3) is 2.60. The zero-order valence-corrected chi connectivity index (χ0v) is 11.9. The number of thiocarbonyl (C=S) groups is 1. The molecule has 1 unspecified atom stereocenters. The summed E-state index contributed by atoms with van der Waals surface area (Å²) in [4.78, 5) is 14.4. The highest BCUT2D eigenvalue weighted by atomic mass is 35.5. The van der Waals surface area contributed by atoms with Crippen molar-refractivity contribution in [3.05, 3.63) is 33.8 Å². The highest BCUT2D eigenvalue weighted by molar-refractivity contribution is 7.80. The molecule has 0 saturated carbocycles. The van der Waals surface area contributed by atoms with Crippen LogP contribution < -0.4 is 5.73 Å². The summed E-state index contributed by atoms with van der Waals surface area (Å²) in [6.07, 6.45) is 1.70. The van der Waals surface area contributed by atoms with Crippen LogP contribution in [0.15, 0.2) is 18.2 Å². The van der Waals surface area contributed by atoms with Crippen LogP contribution in [-0.2, 0) is 0 Å². The number of benzene rings is 1. The highest BCUT2D eigenvalue weighted by Gasteiger charge is 2.32. The second kappa shape index (κ2) is 5.43. The van der Waals surface area contributed by atoms with Crippen LogP contribution in [0.3, 0.4) is 0 Å². The molecule has 0 radical (unpaired) electrons. The molecule has 18 heavy (non-hydrogen) atoms. The largest absolute Gasteiger partial charge is 0.392 e. The number of nitrogens with two attached hydrogens (primary N) is 1. The van der Waals surface area contributed by atoms with Crippen molar-refractivity contribution < 1.29 is 4.79 Å². The van der Waals surface area contributed by atoms with Crippen LogP contribution in [-0.4, -0.2) is 28.4 Å². The Labute approximate surface area is 121 Å². The summed E-state index contributed by atoms with van der Waals surface area (Å²) in [5.74, 6) is -0.169. The fraction of sp³-hybridized carbons (Fsp3) is 0.333. The molecular weight excluding hydrogens is 291 g/mol. The number of nitrogens with zero attached hydrogens (tertiary/aromatic N) is 1. The molecule has 2 N–H and O–H groups in total. The van der Waals surface area contributed by atoms with Crippen molar-refractivity contribution in [2.45, 2.75) is 18.9 Å². The van der Waals surface area contributed by atoms with E-state index in [1.807, 2.05) is 0 Å². The van der Waals surface area contributed by atoms with Crippen molar-refractivity contribution in [3.63, 3.8) is 0 Å². The molecule has 0 bridgehead atoms. The standard InChI is InChI=1S/C12H12Cl2N2OS/c13-7-3-4-9(14)8(6-7)12(17)16-5-1-2-10(16)11(15)18/h3-4,6,10H,1-2,5H2,(H2,15,18). The predicted molar refractivity (Wildman–Crippen MR) is 77.3 cm³/mol. The van der Waals surface area contributed by atoms with Crippen LogP contribution >= 0.6 is 35.4 Å². The summed E-state index contributed by atoms with van der Waals surface area (Å²) in [5.41, 5.74) is 6.05. The number of amides is 1. The zero-order valence-electron chi connectivity index (χ0n) is 9.53. The summed E-state index contributed by atoms with van der Waals surface area (Å²) in [6, 6.07) is 4.65. The molecule has 1 heterocycles. The second-order valence-electron chi connectivity index (χ2n) is 4.18. The molecule has 1 fully saturated rings. The van der Waals surface area contributed by atoms with Crippen molar-refractivity contribution in [3.8, 4) is 0 Å². The zero-order chi connectivity index (χ0) is 13.3. The molecule has 1 aromatic rings. The number of hydrogen-bond donors (Lipinski definition) is 1. The Morgan fingerprint density at radius 1 is 1.44 bits per heavy atom. The maximum Gasteiger partial charge on any atom is 0.256 e. The molecule has 0 aliphatic carbocycles. The Morgan fingerprint density at radius 2 is 2.17 bits per heavy atom. The maximum absolute atomic E-state index is 12.4. The van der Waals surface area contributed by atoms with Gasteiger partial charge in [-0.2, -0.15) is 0 Å². The number of carbonyl (C=O) groups excluding carboxylic acids is 1. The minimum atomic E-state index is -0.178. The number of halogens is 2. The molecule has 96 valence electrons. The average molecular weight is 303 g/mol. The molecule has 1 aromatic carbocycles. The van der Waals surface area contributed by atoms with Crippen LogP contribution in [0.4, 0.5) is 0 Å². The van der Waals surface area contributed by atoms with Gasteiger partial charge in [0.25, 0.3) is 5.91 Å². The van der Waals surface area contributed by atoms with Gasteiger partial charge in [0.15, 0.2) is 0 Å². The summed E-state index contributed by atoms with van der Waals surface area (Å²) >= 11 is 16.9. The highest BCUT2D eigenvalue weighted by Crippen LogP contribution is 2.26. The van der Waals surface area contributed by atoms with Crippen molar-refractivity contribution in [2.24, 2.45) is 5.73 Å². The first-order chi connectivity index (χ1) is 8.50. The minimum absolute atomic E-state index is 0.169. The Kier molecular flexibility index (Phi) is 4.10. The van der Waals surface area contributed by atoms with Gasteiger partial charge in [-0.05, 0) is 31.0 Å². The molecule has 0 spiro atoms. The van der Waals surface area contributed by atoms with Gasteiger partial charge in [-0.25, -0.2) is 0 Å². The lowest BCUT2D eigenvalue weighted by Gasteiger charge is -2.24. The maximum atomic E-state index is 12.4. The Balaban J connectivity index is 2.31. The quantitative estimate of drug-likeness (QED) is 0.855. The van der Waals surface area contributed by atoms with E-state index in [2.05, 4.69) is 0 Å². The Bertz CT molecular complexity index is 507. The van der Waals surface area contributed by atoms with Gasteiger partial charge in [-0.15, -0.1) is 0 Å². The van der Waals surface area contributed by atoms with Gasteiger partial charge < -0.3 is 10.6 Å². The summed E-state index contributed by atoms with van der Waals surface area (Å²) in [7, 11) is 0. The number of likely N-dealkylation sites (tertiary alicyclic amines) is 1. The molecule has 6 heteroatoms. The van der Waals surface area contributed by atoms with E-state index >= 15 is 0 Å². The van der Waals surface area contributed by atoms with E-state index in [1.54, 1.807) is 23.1 Å². The van der Waals surface area contributed by atoms with Gasteiger partial charge in [-0.1, -0.05) is 35.4 Å². The fourth-order valence-corrected chi connectivity index (χ4v) is 2.74. The topological polar surface area (TPSA) is 46.3 Å². The lowest BCUT2D eigenvalue weighted by atomic mass is 10.1. The summed E-state index contributed by atoms with van der Waals surface area (Å²) < 4.78 is 0. The van der Waals surface area contributed by atoms with Crippen LogP contribution in [0.25, 0.3) is 0 Å². The number of rotatable bonds is 2. The van der Waals surface area contributed by atoms with Crippen LogP contribution in [0, 0.1) is 0 Å². The SMILES string of the molecule is NC(=S)C1CCCN1C(=O)c1cc(Cl)ccc1Cl. The molecule has 0 aromatic heterocycles. The first kappa shape index (κ1) is 13.6. The van der Waals surface area contributed by atoms with Crippen molar-refractivity contribution in [1.29, 1.82) is 0 Å². The molecule has 1 amide bonds. The van der Waals surface area contributed by atoms with Gasteiger partial charge in [-0.3, -0.25) is 4.79 Å². The Hall–Kier alpha value is -0.840. The molecule has 3 nitrogen and oxygen atoms in total. The van der Waals surface area contributed by atoms with Crippen LogP contribution in [0.5, 0.6) is 0 Å². The van der Waals surface area contributed by atoms with E-state index in [4.69, 9.17) is 41.2 Å². The van der Waals surface area contributed by atoms with Gasteiger partial charge in [0, 0.05) is 11.6 Å². The Morgan fingerprint density at radius 3 is 2.83 bits per heavy atom. The van der Waals surface area contributed by atoms with Crippen molar-refractivity contribution in [1.82, 2.24) is 4.90 Å². The van der Waals surface area contributed by atoms with Gasteiger partial charge in [0.2, 0.25) is 0 Å². The normalized spacial score (nSPS) is 19.0. The lowest BCUT2D eigenvalue weighted by Crippen LogP contribution is -2.42. The monoisotopic (exact) mass is 302 g/mol. The van der Waals surface area contributed by atoms with E-state index in [1.165, 1.54) is 0 Å². The molecular formula is C12H12Cl2N2OS. The third-order valence-corrected chi connectivity index (χ3v) is 3.84. The van der Waals surface area contributed by atoms with Crippen LogP contribution in [0.1, 0.15) is 23.2 Å². The lowest BCUT2D eigenvalue weighted by molar-refractivity contribution is 0.0770. The average Bonchev–Trinajstić information content (AvgIpc) is 2.80. The van der Waals surface area contributed by atoms with Crippen molar-refractivity contribution >= 4 is 46.3 Å². The summed E-state index contributed by atoms with van der Waals surface area (Å²) in [6.45, 7) is 0.643. The molecule has 1 atom stereocenters. The first-order valence-corrected chi connectivity index (χ1v) is 6.72.